The summed E-state index contributed by atoms with van der Waals surface area (Å²) >= 11 is 0. The lowest BCUT2D eigenvalue weighted by molar-refractivity contribution is -0.129. The molecule has 4 nitrogen and oxygen atoms in total. The zero-order valence-corrected chi connectivity index (χ0v) is 15.6. The summed E-state index contributed by atoms with van der Waals surface area (Å²) in [7, 11) is 0. The molecule has 4 heteroatoms. The first-order valence-electron chi connectivity index (χ1n) is 8.96. The molecule has 3 N–H and O–H groups in total. The van der Waals surface area contributed by atoms with Crippen LogP contribution in [0.25, 0.3) is 0 Å². The van der Waals surface area contributed by atoms with E-state index in [0.717, 1.165) is 23.4 Å². The summed E-state index contributed by atoms with van der Waals surface area (Å²) < 4.78 is 0. The third-order valence-corrected chi connectivity index (χ3v) is 4.53. The van der Waals surface area contributed by atoms with E-state index in [-0.39, 0.29) is 0 Å². The summed E-state index contributed by atoms with van der Waals surface area (Å²) in [6.45, 7) is 4.93. The molecule has 138 valence electrons. The summed E-state index contributed by atoms with van der Waals surface area (Å²) in [6.07, 6.45) is 0. The molecule has 0 bridgehead atoms. The van der Waals surface area contributed by atoms with Crippen molar-refractivity contribution in [1.82, 2.24) is 5.48 Å². The molecular weight excluding hydrogens is 336 g/mol. The largest absolute Gasteiger partial charge is 0.381 e. The van der Waals surface area contributed by atoms with Crippen molar-refractivity contribution in [3.05, 3.63) is 101 Å². The fourth-order valence-corrected chi connectivity index (χ4v) is 3.37. The Kier molecular flexibility index (Phi) is 5.89. The molecule has 0 aliphatic rings. The lowest BCUT2D eigenvalue weighted by atomic mass is 9.90. The Bertz CT molecular complexity index is 885. The molecule has 3 rings (SSSR count). The van der Waals surface area contributed by atoms with Crippen molar-refractivity contribution in [2.45, 2.75) is 26.3 Å². The van der Waals surface area contributed by atoms with E-state index in [4.69, 9.17) is 5.21 Å². The number of rotatable bonds is 6. The maximum absolute atomic E-state index is 12.2. The van der Waals surface area contributed by atoms with Gasteiger partial charge in [0.15, 0.2) is 0 Å². The van der Waals surface area contributed by atoms with Gasteiger partial charge in [0.2, 0.25) is 0 Å². The number of aryl methyl sites for hydroxylation is 2. The van der Waals surface area contributed by atoms with Gasteiger partial charge in [0.25, 0.3) is 5.91 Å². The van der Waals surface area contributed by atoms with Gasteiger partial charge in [-0.05, 0) is 42.7 Å². The number of nitrogens with one attached hydrogen (secondary N) is 2. The van der Waals surface area contributed by atoms with Crippen molar-refractivity contribution >= 4 is 11.6 Å². The molecular formula is C23H24N2O2. The van der Waals surface area contributed by atoms with Crippen LogP contribution in [0.3, 0.4) is 0 Å². The standard InChI is InChI=1S/C23H24N2O2/c1-16-12-17(2)14-18(13-16)15-24-21-10-8-20(9-11-21)22(23(26)25-27)19-6-4-3-5-7-19/h3-14,22,24,27H,15H2,1-2H3,(H,25,26). The van der Waals surface area contributed by atoms with Crippen molar-refractivity contribution in [2.24, 2.45) is 0 Å². The minimum absolute atomic E-state index is 0.447. The van der Waals surface area contributed by atoms with E-state index in [0.29, 0.717) is 0 Å². The smallest absolute Gasteiger partial charge is 0.255 e. The molecule has 1 atom stereocenters. The predicted octanol–water partition coefficient (Wildman–Crippen LogP) is 4.55. The van der Waals surface area contributed by atoms with E-state index in [2.05, 4.69) is 37.4 Å². The van der Waals surface area contributed by atoms with Crippen LogP contribution in [0.15, 0.2) is 72.8 Å². The summed E-state index contributed by atoms with van der Waals surface area (Å²) in [6, 6.07) is 23.7. The highest BCUT2D eigenvalue weighted by Crippen LogP contribution is 2.26. The fourth-order valence-electron chi connectivity index (χ4n) is 3.37. The van der Waals surface area contributed by atoms with Gasteiger partial charge >= 0.3 is 0 Å². The van der Waals surface area contributed by atoms with Crippen molar-refractivity contribution in [2.75, 3.05) is 5.32 Å². The third kappa shape index (κ3) is 4.74. The molecule has 3 aromatic carbocycles. The van der Waals surface area contributed by atoms with Crippen LogP contribution in [0, 0.1) is 13.8 Å². The Morgan fingerprint density at radius 2 is 1.48 bits per heavy atom. The minimum atomic E-state index is -0.551. The molecule has 0 saturated heterocycles. The number of carbonyl (C=O) groups is 1. The maximum Gasteiger partial charge on any atom is 0.255 e. The van der Waals surface area contributed by atoms with Crippen LogP contribution in [0.2, 0.25) is 0 Å². The van der Waals surface area contributed by atoms with Crippen molar-refractivity contribution in [1.29, 1.82) is 0 Å². The molecule has 3 aromatic rings. The number of hydrogen-bond acceptors (Lipinski definition) is 3. The topological polar surface area (TPSA) is 61.4 Å². The second-order valence-corrected chi connectivity index (χ2v) is 6.79. The SMILES string of the molecule is Cc1cc(C)cc(CNc2ccc(C(C(=O)NO)c3ccccc3)cc2)c1. The summed E-state index contributed by atoms with van der Waals surface area (Å²) in [5.74, 6) is -0.998. The van der Waals surface area contributed by atoms with Crippen molar-refractivity contribution in [3.63, 3.8) is 0 Å². The molecule has 0 aromatic heterocycles. The van der Waals surface area contributed by atoms with E-state index in [9.17, 15) is 4.79 Å². The van der Waals surface area contributed by atoms with Gasteiger partial charge in [-0.1, -0.05) is 71.8 Å². The molecule has 0 aliphatic heterocycles. The highest BCUT2D eigenvalue weighted by Gasteiger charge is 2.22. The van der Waals surface area contributed by atoms with E-state index in [1.807, 2.05) is 54.6 Å². The maximum atomic E-state index is 12.2. The normalized spacial score (nSPS) is 11.7. The molecule has 0 radical (unpaired) electrons. The first-order chi connectivity index (χ1) is 13.1. The average molecular weight is 360 g/mol. The highest BCUT2D eigenvalue weighted by atomic mass is 16.5. The Balaban J connectivity index is 1.76. The van der Waals surface area contributed by atoms with Gasteiger partial charge in [0.1, 0.15) is 0 Å². The van der Waals surface area contributed by atoms with Crippen LogP contribution in [0.5, 0.6) is 0 Å². The van der Waals surface area contributed by atoms with Crippen LogP contribution < -0.4 is 10.8 Å². The van der Waals surface area contributed by atoms with Crippen molar-refractivity contribution in [3.8, 4) is 0 Å². The summed E-state index contributed by atoms with van der Waals surface area (Å²) in [5.41, 5.74) is 8.16. The minimum Gasteiger partial charge on any atom is -0.381 e. The monoisotopic (exact) mass is 360 g/mol. The average Bonchev–Trinajstić information content (AvgIpc) is 2.67. The van der Waals surface area contributed by atoms with Gasteiger partial charge in [0.05, 0.1) is 5.92 Å². The van der Waals surface area contributed by atoms with E-state index in [1.54, 1.807) is 5.48 Å². The van der Waals surface area contributed by atoms with E-state index in [1.165, 1.54) is 16.7 Å². The van der Waals surface area contributed by atoms with Crippen LogP contribution in [-0.4, -0.2) is 11.1 Å². The Labute approximate surface area is 159 Å². The Morgan fingerprint density at radius 1 is 0.889 bits per heavy atom. The molecule has 0 fully saturated rings. The Hall–Kier alpha value is -3.11. The predicted molar refractivity (Wildman–Crippen MR) is 108 cm³/mol. The summed E-state index contributed by atoms with van der Waals surface area (Å²) in [5, 5.41) is 12.5. The number of hydroxylamine groups is 1. The van der Waals surface area contributed by atoms with Crippen LogP contribution in [0.1, 0.15) is 33.7 Å². The van der Waals surface area contributed by atoms with Gasteiger partial charge in [0, 0.05) is 12.2 Å². The zero-order valence-electron chi connectivity index (χ0n) is 15.6. The molecule has 27 heavy (non-hydrogen) atoms. The van der Waals surface area contributed by atoms with Crippen LogP contribution in [-0.2, 0) is 11.3 Å². The fraction of sp³-hybridized carbons (Fsp3) is 0.174. The first kappa shape index (κ1) is 18.7. The van der Waals surface area contributed by atoms with E-state index >= 15 is 0 Å². The zero-order chi connectivity index (χ0) is 19.2. The van der Waals surface area contributed by atoms with Gasteiger partial charge in [-0.3, -0.25) is 10.0 Å². The molecule has 0 saturated carbocycles. The van der Waals surface area contributed by atoms with Crippen molar-refractivity contribution < 1.29 is 10.0 Å². The highest BCUT2D eigenvalue weighted by molar-refractivity contribution is 5.86. The third-order valence-electron chi connectivity index (χ3n) is 4.53. The number of anilines is 1. The lowest BCUT2D eigenvalue weighted by Crippen LogP contribution is -2.27. The van der Waals surface area contributed by atoms with Gasteiger partial charge in [-0.2, -0.15) is 0 Å². The van der Waals surface area contributed by atoms with E-state index < -0.39 is 11.8 Å². The first-order valence-corrected chi connectivity index (χ1v) is 8.96. The van der Waals surface area contributed by atoms with Gasteiger partial charge < -0.3 is 5.32 Å². The number of benzene rings is 3. The molecule has 0 heterocycles. The second-order valence-electron chi connectivity index (χ2n) is 6.79. The molecule has 0 spiro atoms. The number of hydrogen-bond donors (Lipinski definition) is 3. The summed E-state index contributed by atoms with van der Waals surface area (Å²) in [4.78, 5) is 12.2. The molecule has 0 aliphatic carbocycles. The Morgan fingerprint density at radius 3 is 2.07 bits per heavy atom. The second kappa shape index (κ2) is 8.52. The van der Waals surface area contributed by atoms with Gasteiger partial charge in [-0.25, -0.2) is 5.48 Å². The van der Waals surface area contributed by atoms with Crippen LogP contribution in [0.4, 0.5) is 5.69 Å². The molecule has 1 unspecified atom stereocenters. The number of amides is 1. The van der Waals surface area contributed by atoms with Gasteiger partial charge in [-0.15, -0.1) is 0 Å². The van der Waals surface area contributed by atoms with Crippen LogP contribution >= 0.6 is 0 Å². The molecule has 1 amide bonds. The quantitative estimate of drug-likeness (QED) is 0.446. The lowest BCUT2D eigenvalue weighted by Gasteiger charge is -2.16. The number of carbonyl (C=O) groups excluding carboxylic acids is 1.